The maximum Gasteiger partial charge on any atom is 0.262 e. The molecule has 0 saturated carbocycles. The van der Waals surface area contributed by atoms with E-state index < -0.39 is 0 Å². The summed E-state index contributed by atoms with van der Waals surface area (Å²) in [5.41, 5.74) is 4.06. The third kappa shape index (κ3) is 5.42. The number of anilines is 1. The Hall–Kier alpha value is -2.33. The lowest BCUT2D eigenvalue weighted by Crippen LogP contribution is -2.20. The van der Waals surface area contributed by atoms with Crippen molar-refractivity contribution in [3.05, 3.63) is 59.2 Å². The van der Waals surface area contributed by atoms with Crippen LogP contribution in [0.4, 0.5) is 5.69 Å². The molecular weight excluding hydrogens is 288 g/mol. The summed E-state index contributed by atoms with van der Waals surface area (Å²) in [6, 6.07) is 13.8. The van der Waals surface area contributed by atoms with E-state index >= 15 is 0 Å². The van der Waals surface area contributed by atoms with E-state index in [1.54, 1.807) is 0 Å². The second-order valence-corrected chi connectivity index (χ2v) is 5.59. The van der Waals surface area contributed by atoms with Crippen LogP contribution in [0.3, 0.4) is 0 Å². The minimum Gasteiger partial charge on any atom is -0.483 e. The number of hydrogen-bond donors (Lipinski definition) is 2. The highest BCUT2D eigenvalue weighted by atomic mass is 16.5. The van der Waals surface area contributed by atoms with E-state index in [0.717, 1.165) is 41.2 Å². The lowest BCUT2D eigenvalue weighted by Gasteiger charge is -2.11. The summed E-state index contributed by atoms with van der Waals surface area (Å²) in [6.45, 7) is 7.75. The Morgan fingerprint density at radius 3 is 2.74 bits per heavy atom. The average Bonchev–Trinajstić information content (AvgIpc) is 2.54. The van der Waals surface area contributed by atoms with Crippen molar-refractivity contribution in [2.24, 2.45) is 0 Å². The maximum absolute atomic E-state index is 12.1. The Labute approximate surface area is 137 Å². The van der Waals surface area contributed by atoms with Gasteiger partial charge in [0.2, 0.25) is 0 Å². The SMILES string of the molecule is CCNCc1cccc(NC(=O)COc2cc(C)ccc2C)c1. The number of benzene rings is 2. The summed E-state index contributed by atoms with van der Waals surface area (Å²) in [7, 11) is 0. The van der Waals surface area contributed by atoms with Crippen LogP contribution in [0.25, 0.3) is 0 Å². The monoisotopic (exact) mass is 312 g/mol. The van der Waals surface area contributed by atoms with Crippen LogP contribution in [-0.2, 0) is 11.3 Å². The molecule has 122 valence electrons. The summed E-state index contributed by atoms with van der Waals surface area (Å²) in [5, 5.41) is 6.14. The predicted molar refractivity (Wildman–Crippen MR) is 93.9 cm³/mol. The van der Waals surface area contributed by atoms with Gasteiger partial charge in [-0.3, -0.25) is 4.79 Å². The van der Waals surface area contributed by atoms with E-state index in [4.69, 9.17) is 4.74 Å². The summed E-state index contributed by atoms with van der Waals surface area (Å²) in [6.07, 6.45) is 0. The van der Waals surface area contributed by atoms with Gasteiger partial charge in [-0.2, -0.15) is 0 Å². The molecule has 0 aliphatic heterocycles. The van der Waals surface area contributed by atoms with Crippen LogP contribution in [0.2, 0.25) is 0 Å². The third-order valence-electron chi connectivity index (χ3n) is 3.49. The Bertz CT molecular complexity index is 668. The molecule has 0 radical (unpaired) electrons. The molecule has 2 N–H and O–H groups in total. The van der Waals surface area contributed by atoms with E-state index in [0.29, 0.717) is 0 Å². The number of hydrogen-bond acceptors (Lipinski definition) is 3. The summed E-state index contributed by atoms with van der Waals surface area (Å²) >= 11 is 0. The molecule has 4 nitrogen and oxygen atoms in total. The lowest BCUT2D eigenvalue weighted by molar-refractivity contribution is -0.118. The highest BCUT2D eigenvalue weighted by Gasteiger charge is 2.06. The van der Waals surface area contributed by atoms with Gasteiger partial charge in [-0.15, -0.1) is 0 Å². The lowest BCUT2D eigenvalue weighted by atomic mass is 10.1. The van der Waals surface area contributed by atoms with E-state index in [-0.39, 0.29) is 12.5 Å². The molecule has 0 heterocycles. The van der Waals surface area contributed by atoms with Gasteiger partial charge in [0.05, 0.1) is 0 Å². The molecule has 0 unspecified atom stereocenters. The average molecular weight is 312 g/mol. The molecule has 2 aromatic carbocycles. The molecule has 0 aromatic heterocycles. The van der Waals surface area contributed by atoms with Crippen LogP contribution in [0.15, 0.2) is 42.5 Å². The smallest absolute Gasteiger partial charge is 0.262 e. The first kappa shape index (κ1) is 17.0. The Morgan fingerprint density at radius 2 is 1.96 bits per heavy atom. The summed E-state index contributed by atoms with van der Waals surface area (Å²) < 4.78 is 5.62. The van der Waals surface area contributed by atoms with Gasteiger partial charge in [-0.05, 0) is 55.3 Å². The van der Waals surface area contributed by atoms with Crippen molar-refractivity contribution in [2.75, 3.05) is 18.5 Å². The Balaban J connectivity index is 1.90. The van der Waals surface area contributed by atoms with Crippen LogP contribution < -0.4 is 15.4 Å². The highest BCUT2D eigenvalue weighted by molar-refractivity contribution is 5.91. The van der Waals surface area contributed by atoms with Crippen molar-refractivity contribution in [1.29, 1.82) is 0 Å². The van der Waals surface area contributed by atoms with Gasteiger partial charge >= 0.3 is 0 Å². The first-order valence-corrected chi connectivity index (χ1v) is 7.88. The van der Waals surface area contributed by atoms with Crippen molar-refractivity contribution < 1.29 is 9.53 Å². The number of nitrogens with one attached hydrogen (secondary N) is 2. The zero-order valence-corrected chi connectivity index (χ0v) is 14.0. The molecule has 2 rings (SSSR count). The molecule has 0 spiro atoms. The Kier molecular flexibility index (Phi) is 6.18. The van der Waals surface area contributed by atoms with Crippen LogP contribution in [0.5, 0.6) is 5.75 Å². The van der Waals surface area contributed by atoms with Gasteiger partial charge in [0, 0.05) is 12.2 Å². The summed E-state index contributed by atoms with van der Waals surface area (Å²) in [5.74, 6) is 0.590. The van der Waals surface area contributed by atoms with Gasteiger partial charge in [0.1, 0.15) is 5.75 Å². The fourth-order valence-corrected chi connectivity index (χ4v) is 2.23. The van der Waals surface area contributed by atoms with Gasteiger partial charge in [-0.1, -0.05) is 31.2 Å². The van der Waals surface area contributed by atoms with Crippen molar-refractivity contribution in [3.63, 3.8) is 0 Å². The molecule has 2 aromatic rings. The summed E-state index contributed by atoms with van der Waals surface area (Å²) in [4.78, 5) is 12.1. The molecule has 0 saturated heterocycles. The minimum absolute atomic E-state index is 0.00172. The molecule has 4 heteroatoms. The molecule has 0 fully saturated rings. The highest BCUT2D eigenvalue weighted by Crippen LogP contribution is 2.19. The van der Waals surface area contributed by atoms with Crippen molar-refractivity contribution in [3.8, 4) is 5.75 Å². The van der Waals surface area contributed by atoms with Crippen LogP contribution in [-0.4, -0.2) is 19.1 Å². The molecule has 0 bridgehead atoms. The van der Waals surface area contributed by atoms with E-state index in [1.165, 1.54) is 0 Å². The minimum atomic E-state index is -0.161. The predicted octanol–water partition coefficient (Wildman–Crippen LogP) is 3.43. The van der Waals surface area contributed by atoms with Crippen LogP contribution >= 0.6 is 0 Å². The van der Waals surface area contributed by atoms with Crippen LogP contribution in [0, 0.1) is 13.8 Å². The second-order valence-electron chi connectivity index (χ2n) is 5.59. The van der Waals surface area contributed by atoms with Crippen molar-refractivity contribution in [2.45, 2.75) is 27.3 Å². The number of aryl methyl sites for hydroxylation is 2. The Morgan fingerprint density at radius 1 is 1.13 bits per heavy atom. The first-order valence-electron chi connectivity index (χ1n) is 7.88. The standard InChI is InChI=1S/C19H24N2O2/c1-4-20-12-16-6-5-7-17(11-16)21-19(22)13-23-18-10-14(2)8-9-15(18)3/h5-11,20H,4,12-13H2,1-3H3,(H,21,22). The van der Waals surface area contributed by atoms with Gasteiger partial charge in [0.25, 0.3) is 5.91 Å². The molecular formula is C19H24N2O2. The zero-order valence-electron chi connectivity index (χ0n) is 14.0. The van der Waals surface area contributed by atoms with E-state index in [9.17, 15) is 4.79 Å². The molecule has 0 aliphatic carbocycles. The second kappa shape index (κ2) is 8.34. The zero-order chi connectivity index (χ0) is 16.7. The largest absolute Gasteiger partial charge is 0.483 e. The topological polar surface area (TPSA) is 50.4 Å². The number of rotatable bonds is 7. The van der Waals surface area contributed by atoms with Gasteiger partial charge < -0.3 is 15.4 Å². The molecule has 23 heavy (non-hydrogen) atoms. The van der Waals surface area contributed by atoms with Crippen LogP contribution in [0.1, 0.15) is 23.6 Å². The fraction of sp³-hybridized carbons (Fsp3) is 0.316. The number of ether oxygens (including phenoxy) is 1. The maximum atomic E-state index is 12.1. The quantitative estimate of drug-likeness (QED) is 0.823. The normalized spacial score (nSPS) is 10.4. The van der Waals surface area contributed by atoms with Gasteiger partial charge in [-0.25, -0.2) is 0 Å². The number of carbonyl (C=O) groups is 1. The van der Waals surface area contributed by atoms with Gasteiger partial charge in [0.15, 0.2) is 6.61 Å². The van der Waals surface area contributed by atoms with Crippen molar-refractivity contribution >= 4 is 11.6 Å². The number of carbonyl (C=O) groups excluding carboxylic acids is 1. The fourth-order valence-electron chi connectivity index (χ4n) is 2.23. The van der Waals surface area contributed by atoms with E-state index in [2.05, 4.69) is 17.6 Å². The molecule has 0 atom stereocenters. The third-order valence-corrected chi connectivity index (χ3v) is 3.49. The number of amides is 1. The molecule has 1 amide bonds. The van der Waals surface area contributed by atoms with E-state index in [1.807, 2.05) is 56.3 Å². The van der Waals surface area contributed by atoms with Crippen molar-refractivity contribution in [1.82, 2.24) is 5.32 Å². The molecule has 0 aliphatic rings. The first-order chi connectivity index (χ1) is 11.1.